The summed E-state index contributed by atoms with van der Waals surface area (Å²) in [6.07, 6.45) is 8.79. The molecular formula is C35H38ClN7O6. The van der Waals surface area contributed by atoms with Crippen LogP contribution in [-0.2, 0) is 35.0 Å². The van der Waals surface area contributed by atoms with E-state index in [1.807, 2.05) is 30.3 Å². The lowest BCUT2D eigenvalue weighted by Gasteiger charge is -2.24. The first-order valence-corrected chi connectivity index (χ1v) is 16.4. The van der Waals surface area contributed by atoms with E-state index in [0.717, 1.165) is 16.7 Å². The van der Waals surface area contributed by atoms with Crippen LogP contribution >= 0.6 is 11.6 Å². The number of rotatable bonds is 11. The van der Waals surface area contributed by atoms with Crippen molar-refractivity contribution in [3.63, 3.8) is 0 Å². The number of pyridine rings is 1. The van der Waals surface area contributed by atoms with Crippen molar-refractivity contribution in [2.75, 3.05) is 32.2 Å². The average molecular weight is 688 g/mol. The number of ether oxygens (including phenoxy) is 3. The fourth-order valence-electron chi connectivity index (χ4n) is 5.53. The fourth-order valence-corrected chi connectivity index (χ4v) is 5.71. The van der Waals surface area contributed by atoms with Gasteiger partial charge in [0.05, 0.1) is 37.1 Å². The van der Waals surface area contributed by atoms with Crippen molar-refractivity contribution in [1.29, 1.82) is 0 Å². The molecule has 1 unspecified atom stereocenters. The van der Waals surface area contributed by atoms with E-state index in [1.165, 1.54) is 17.1 Å². The minimum absolute atomic E-state index is 0.0539. The van der Waals surface area contributed by atoms with Crippen molar-refractivity contribution in [3.8, 4) is 16.8 Å². The average Bonchev–Trinajstić information content (AvgIpc) is 3.63. The number of esters is 2. The van der Waals surface area contributed by atoms with Crippen LogP contribution in [0.15, 0.2) is 67.1 Å². The lowest BCUT2D eigenvalue weighted by Crippen LogP contribution is -2.32. The van der Waals surface area contributed by atoms with Gasteiger partial charge >= 0.3 is 11.9 Å². The molecule has 0 fully saturated rings. The van der Waals surface area contributed by atoms with E-state index in [1.54, 1.807) is 44.5 Å². The molecule has 13 nitrogen and oxygen atoms in total. The maximum absolute atomic E-state index is 13.3. The summed E-state index contributed by atoms with van der Waals surface area (Å²) in [5.41, 5.74) is 5.02. The Morgan fingerprint density at radius 2 is 1.92 bits per heavy atom. The monoisotopic (exact) mass is 687 g/mol. The van der Waals surface area contributed by atoms with Gasteiger partial charge in [-0.05, 0) is 83.8 Å². The second-order valence-electron chi connectivity index (χ2n) is 11.3. The summed E-state index contributed by atoms with van der Waals surface area (Å²) in [5.74, 6) is -1.06. The predicted molar refractivity (Wildman–Crippen MR) is 183 cm³/mol. The van der Waals surface area contributed by atoms with E-state index < -0.39 is 12.1 Å². The van der Waals surface area contributed by atoms with Crippen LogP contribution in [0.25, 0.3) is 22.9 Å². The molecule has 2 aromatic heterocycles. The molecule has 0 spiro atoms. The first-order chi connectivity index (χ1) is 23.8. The number of anilines is 1. The van der Waals surface area contributed by atoms with E-state index in [4.69, 9.17) is 25.8 Å². The first kappa shape index (κ1) is 35.2. The number of hydrogen-bond acceptors (Lipinski definition) is 11. The van der Waals surface area contributed by atoms with Gasteiger partial charge in [-0.15, -0.1) is 5.10 Å². The number of carbonyl (C=O) groups excluding carboxylic acids is 3. The minimum Gasteiger partial charge on any atom is -0.464 e. The van der Waals surface area contributed by atoms with Crippen LogP contribution < -0.4 is 10.6 Å². The summed E-state index contributed by atoms with van der Waals surface area (Å²) in [6.45, 7) is 2.50. The lowest BCUT2D eigenvalue weighted by molar-refractivity contribution is -0.145. The lowest BCUT2D eigenvalue weighted by atomic mass is 9.95. The summed E-state index contributed by atoms with van der Waals surface area (Å²) < 4.78 is 17.1. The van der Waals surface area contributed by atoms with Gasteiger partial charge in [-0.3, -0.25) is 14.6 Å². The van der Waals surface area contributed by atoms with Crippen LogP contribution in [0.5, 0.6) is 0 Å². The number of hydrogen-bond donors (Lipinski definition) is 2. The molecule has 1 aliphatic rings. The molecule has 2 bridgehead atoms. The molecule has 1 aliphatic heterocycles. The number of fused-ring (bicyclic) bond motifs is 4. The van der Waals surface area contributed by atoms with Crippen LogP contribution in [0.4, 0.5) is 5.69 Å². The molecule has 2 aromatic carbocycles. The number of tetrazole rings is 1. The number of aromatic nitrogens is 5. The number of halogens is 1. The number of nitrogens with zero attached hydrogens (tertiary/aromatic N) is 5. The third-order valence-electron chi connectivity index (χ3n) is 7.88. The second-order valence-corrected chi connectivity index (χ2v) is 11.8. The van der Waals surface area contributed by atoms with E-state index in [0.29, 0.717) is 59.9 Å². The quantitative estimate of drug-likeness (QED) is 0.125. The van der Waals surface area contributed by atoms with Crippen molar-refractivity contribution in [1.82, 2.24) is 30.5 Å². The van der Waals surface area contributed by atoms with Gasteiger partial charge in [0.15, 0.2) is 0 Å². The number of methoxy groups -OCH3 is 1. The SMILES string of the molecule is CCOC(=O)C1CCCC[C@H](NC(=O)/C=C/c2cc(Cl)ccc2-n2cnnn2)c2cc(ccn2)-c2ccc(CC(=O)OCCOC)cc2N1. The Morgan fingerprint density at radius 1 is 1.06 bits per heavy atom. The highest BCUT2D eigenvalue weighted by atomic mass is 35.5. The third-order valence-corrected chi connectivity index (χ3v) is 8.12. The molecule has 5 rings (SSSR count). The highest BCUT2D eigenvalue weighted by molar-refractivity contribution is 6.30. The van der Waals surface area contributed by atoms with Gasteiger partial charge in [0.25, 0.3) is 0 Å². The Kier molecular flexibility index (Phi) is 12.4. The molecule has 14 heteroatoms. The molecule has 0 saturated carbocycles. The first-order valence-electron chi connectivity index (χ1n) is 16.0. The van der Waals surface area contributed by atoms with E-state index in [9.17, 15) is 14.4 Å². The molecule has 2 N–H and O–H groups in total. The summed E-state index contributed by atoms with van der Waals surface area (Å²) in [5, 5.41) is 18.3. The minimum atomic E-state index is -0.619. The molecule has 256 valence electrons. The Balaban J connectivity index is 1.42. The highest BCUT2D eigenvalue weighted by Gasteiger charge is 2.24. The van der Waals surface area contributed by atoms with Crippen molar-refractivity contribution < 1.29 is 28.6 Å². The van der Waals surface area contributed by atoms with Gasteiger partial charge in [0, 0.05) is 41.2 Å². The van der Waals surface area contributed by atoms with Crippen LogP contribution in [0.2, 0.25) is 5.02 Å². The van der Waals surface area contributed by atoms with Crippen LogP contribution in [0, 0.1) is 0 Å². The zero-order chi connectivity index (χ0) is 34.6. The van der Waals surface area contributed by atoms with Gasteiger partial charge in [-0.2, -0.15) is 4.68 Å². The predicted octanol–water partition coefficient (Wildman–Crippen LogP) is 4.90. The normalized spacial score (nSPS) is 16.1. The Bertz CT molecular complexity index is 1780. The molecule has 0 radical (unpaired) electrons. The van der Waals surface area contributed by atoms with Crippen molar-refractivity contribution in [3.05, 3.63) is 89.0 Å². The van der Waals surface area contributed by atoms with Crippen LogP contribution in [0.1, 0.15) is 55.5 Å². The van der Waals surface area contributed by atoms with E-state index in [2.05, 4.69) is 31.1 Å². The summed E-state index contributed by atoms with van der Waals surface area (Å²) in [4.78, 5) is 43.5. The molecule has 3 heterocycles. The van der Waals surface area contributed by atoms with Gasteiger partial charge in [-0.1, -0.05) is 36.6 Å². The molecule has 2 atom stereocenters. The van der Waals surface area contributed by atoms with Crippen LogP contribution in [-0.4, -0.2) is 76.0 Å². The highest BCUT2D eigenvalue weighted by Crippen LogP contribution is 2.33. The van der Waals surface area contributed by atoms with Gasteiger partial charge < -0.3 is 24.8 Å². The summed E-state index contributed by atoms with van der Waals surface area (Å²) >= 11 is 6.25. The van der Waals surface area contributed by atoms with Gasteiger partial charge in [0.1, 0.15) is 19.0 Å². The molecule has 49 heavy (non-hydrogen) atoms. The molecule has 0 aliphatic carbocycles. The third kappa shape index (κ3) is 9.71. The van der Waals surface area contributed by atoms with E-state index >= 15 is 0 Å². The standard InChI is InChI=1S/C35H38ClN7O6/c1-3-48-35(46)29-7-5-4-6-28(40-33(44)13-9-25-20-26(36)10-12-32(25)43-22-38-41-42-43)31-21-24(14-15-37-31)27-11-8-23(18-30(27)39-29)19-34(45)49-17-16-47-2/h8-15,18,20-22,28-29,39H,3-7,16-17,19H2,1-2H3,(H,40,44)/b13-9+/t28-,29?/m0/s1. The number of benzene rings is 2. The topological polar surface area (TPSA) is 159 Å². The van der Waals surface area contributed by atoms with Crippen LogP contribution in [0.3, 0.4) is 0 Å². The molecule has 1 amide bonds. The van der Waals surface area contributed by atoms with Crippen molar-refractivity contribution >= 4 is 41.2 Å². The Hall–Kier alpha value is -5.14. The Morgan fingerprint density at radius 3 is 2.71 bits per heavy atom. The van der Waals surface area contributed by atoms with Gasteiger partial charge in [-0.25, -0.2) is 4.79 Å². The summed E-state index contributed by atoms with van der Waals surface area (Å²) in [6, 6.07) is 13.6. The smallest absolute Gasteiger partial charge is 0.328 e. The number of carbonyl (C=O) groups is 3. The summed E-state index contributed by atoms with van der Waals surface area (Å²) in [7, 11) is 1.54. The zero-order valence-corrected chi connectivity index (χ0v) is 28.1. The van der Waals surface area contributed by atoms with Crippen molar-refractivity contribution in [2.24, 2.45) is 0 Å². The number of amides is 1. The molecule has 0 saturated heterocycles. The zero-order valence-electron chi connectivity index (χ0n) is 27.3. The van der Waals surface area contributed by atoms with E-state index in [-0.39, 0.29) is 37.5 Å². The maximum atomic E-state index is 13.3. The van der Waals surface area contributed by atoms with Gasteiger partial charge in [0.2, 0.25) is 5.91 Å². The second kappa shape index (κ2) is 17.3. The largest absolute Gasteiger partial charge is 0.464 e. The Labute approximate surface area is 289 Å². The maximum Gasteiger partial charge on any atom is 0.328 e. The molecular weight excluding hydrogens is 650 g/mol. The fraction of sp³-hybridized carbons (Fsp3) is 0.343. The molecule has 4 aromatic rings. The number of nitrogens with one attached hydrogen (secondary N) is 2. The van der Waals surface area contributed by atoms with Crippen molar-refractivity contribution in [2.45, 2.75) is 51.1 Å².